The Bertz CT molecular complexity index is 308. The Balaban J connectivity index is 2.13. The monoisotopic (exact) mass is 208 g/mol. The summed E-state index contributed by atoms with van der Waals surface area (Å²) in [4.78, 5) is 4.19. The second kappa shape index (κ2) is 4.32. The molecular formula is C11H16N2S. The molecule has 2 nitrogen and oxygen atoms in total. The van der Waals surface area contributed by atoms with Crippen molar-refractivity contribution < 1.29 is 0 Å². The van der Waals surface area contributed by atoms with Crippen molar-refractivity contribution in [3.63, 3.8) is 0 Å². The Kier molecular flexibility index (Phi) is 3.08. The Morgan fingerprint density at radius 2 is 2.43 bits per heavy atom. The maximum Gasteiger partial charge on any atom is 0.0430 e. The molecule has 1 aromatic heterocycles. The van der Waals surface area contributed by atoms with E-state index < -0.39 is 0 Å². The minimum absolute atomic E-state index is 0.162. The molecule has 76 valence electrons. The molecule has 2 atom stereocenters. The van der Waals surface area contributed by atoms with E-state index in [0.717, 1.165) is 0 Å². The van der Waals surface area contributed by atoms with Gasteiger partial charge in [-0.3, -0.25) is 4.98 Å². The van der Waals surface area contributed by atoms with Gasteiger partial charge in [0.15, 0.2) is 0 Å². The van der Waals surface area contributed by atoms with Gasteiger partial charge in [-0.25, -0.2) is 0 Å². The zero-order valence-electron chi connectivity index (χ0n) is 8.44. The van der Waals surface area contributed by atoms with Crippen LogP contribution < -0.4 is 5.73 Å². The molecule has 0 saturated carbocycles. The number of nitrogens with zero attached hydrogens (tertiary/aromatic N) is 1. The number of hydrogen-bond donors (Lipinski definition) is 1. The highest BCUT2D eigenvalue weighted by molar-refractivity contribution is 8.00. The van der Waals surface area contributed by atoms with E-state index in [4.69, 9.17) is 5.73 Å². The van der Waals surface area contributed by atoms with Gasteiger partial charge >= 0.3 is 0 Å². The van der Waals surface area contributed by atoms with Crippen LogP contribution in [0.1, 0.15) is 30.0 Å². The zero-order chi connectivity index (χ0) is 9.97. The van der Waals surface area contributed by atoms with E-state index in [0.29, 0.717) is 5.25 Å². The van der Waals surface area contributed by atoms with Gasteiger partial charge in [0.25, 0.3) is 0 Å². The van der Waals surface area contributed by atoms with E-state index >= 15 is 0 Å². The highest BCUT2D eigenvalue weighted by Crippen LogP contribution is 2.34. The number of aromatic nitrogens is 1. The van der Waals surface area contributed by atoms with Crippen LogP contribution in [0, 0.1) is 6.92 Å². The lowest BCUT2D eigenvalue weighted by molar-refractivity contribution is 0.643. The third-order valence-electron chi connectivity index (χ3n) is 2.65. The molecule has 14 heavy (non-hydrogen) atoms. The fourth-order valence-electron chi connectivity index (χ4n) is 1.86. The molecule has 1 aromatic rings. The lowest BCUT2D eigenvalue weighted by atomic mass is 10.0. The maximum atomic E-state index is 6.21. The lowest BCUT2D eigenvalue weighted by Crippen LogP contribution is -2.21. The van der Waals surface area contributed by atoms with Crippen LogP contribution in [0.4, 0.5) is 0 Å². The van der Waals surface area contributed by atoms with Crippen LogP contribution in [0.15, 0.2) is 18.5 Å². The summed E-state index contributed by atoms with van der Waals surface area (Å²) >= 11 is 2.00. The van der Waals surface area contributed by atoms with Crippen LogP contribution in [-0.4, -0.2) is 16.0 Å². The van der Waals surface area contributed by atoms with Crippen LogP contribution in [0.5, 0.6) is 0 Å². The molecule has 2 heterocycles. The predicted molar refractivity (Wildman–Crippen MR) is 61.4 cm³/mol. The first-order chi connectivity index (χ1) is 6.77. The van der Waals surface area contributed by atoms with E-state index in [9.17, 15) is 0 Å². The highest BCUT2D eigenvalue weighted by atomic mass is 32.2. The number of nitrogens with two attached hydrogens (primary N) is 1. The molecule has 0 spiro atoms. The van der Waals surface area contributed by atoms with Crippen molar-refractivity contribution in [2.75, 3.05) is 5.75 Å². The van der Waals surface area contributed by atoms with Gasteiger partial charge in [0, 0.05) is 23.7 Å². The van der Waals surface area contributed by atoms with Crippen molar-refractivity contribution in [3.8, 4) is 0 Å². The van der Waals surface area contributed by atoms with Crippen molar-refractivity contribution >= 4 is 11.8 Å². The molecule has 0 bridgehead atoms. The average molecular weight is 208 g/mol. The topological polar surface area (TPSA) is 38.9 Å². The molecule has 0 aromatic carbocycles. The Hall–Kier alpha value is -0.540. The maximum absolute atomic E-state index is 6.21. The van der Waals surface area contributed by atoms with Crippen molar-refractivity contribution in [1.29, 1.82) is 0 Å². The van der Waals surface area contributed by atoms with Crippen LogP contribution in [0.3, 0.4) is 0 Å². The largest absolute Gasteiger partial charge is 0.323 e. The van der Waals surface area contributed by atoms with Gasteiger partial charge in [-0.15, -0.1) is 0 Å². The van der Waals surface area contributed by atoms with Gasteiger partial charge in [-0.05, 0) is 36.6 Å². The summed E-state index contributed by atoms with van der Waals surface area (Å²) in [7, 11) is 0. The SMILES string of the molecule is Cc1cncc(C(N)C2CCCS2)c1. The third-order valence-corrected chi connectivity index (χ3v) is 4.13. The van der Waals surface area contributed by atoms with Gasteiger partial charge in [0.05, 0.1) is 0 Å². The molecule has 0 radical (unpaired) electrons. The van der Waals surface area contributed by atoms with Gasteiger partial charge in [0.2, 0.25) is 0 Å². The first kappa shape index (κ1) is 9.99. The summed E-state index contributed by atoms with van der Waals surface area (Å²) in [6, 6.07) is 2.31. The predicted octanol–water partition coefficient (Wildman–Crippen LogP) is 2.29. The summed E-state index contributed by atoms with van der Waals surface area (Å²) in [5.41, 5.74) is 8.59. The Labute approximate surface area is 89.3 Å². The molecule has 2 unspecified atom stereocenters. The Morgan fingerprint density at radius 1 is 1.57 bits per heavy atom. The van der Waals surface area contributed by atoms with E-state index in [1.807, 2.05) is 24.2 Å². The van der Waals surface area contributed by atoms with Crippen LogP contribution in [0.2, 0.25) is 0 Å². The molecule has 1 aliphatic rings. The summed E-state index contributed by atoms with van der Waals surface area (Å²) in [6.07, 6.45) is 6.33. The summed E-state index contributed by atoms with van der Waals surface area (Å²) < 4.78 is 0. The average Bonchev–Trinajstić information content (AvgIpc) is 2.69. The minimum Gasteiger partial charge on any atom is -0.323 e. The zero-order valence-corrected chi connectivity index (χ0v) is 9.26. The molecule has 2 N–H and O–H groups in total. The van der Waals surface area contributed by atoms with Gasteiger partial charge < -0.3 is 5.73 Å². The Morgan fingerprint density at radius 3 is 3.07 bits per heavy atom. The highest BCUT2D eigenvalue weighted by Gasteiger charge is 2.23. The number of rotatable bonds is 2. The minimum atomic E-state index is 0.162. The van der Waals surface area contributed by atoms with Crippen molar-refractivity contribution in [2.45, 2.75) is 31.1 Å². The summed E-state index contributed by atoms with van der Waals surface area (Å²) in [6.45, 7) is 2.06. The number of aryl methyl sites for hydroxylation is 1. The molecule has 0 aliphatic carbocycles. The molecule has 1 saturated heterocycles. The van der Waals surface area contributed by atoms with Gasteiger partial charge in [-0.1, -0.05) is 6.07 Å². The fraction of sp³-hybridized carbons (Fsp3) is 0.545. The first-order valence-electron chi connectivity index (χ1n) is 5.06. The molecule has 2 rings (SSSR count). The molecule has 1 aliphatic heterocycles. The number of pyridine rings is 1. The van der Waals surface area contributed by atoms with Crippen LogP contribution in [0.25, 0.3) is 0 Å². The van der Waals surface area contributed by atoms with Crippen molar-refractivity contribution in [2.24, 2.45) is 5.73 Å². The fourth-order valence-corrected chi connectivity index (χ4v) is 3.19. The molecule has 1 fully saturated rings. The molecule has 3 heteroatoms. The standard InChI is InChI=1S/C11H16N2S/c1-8-5-9(7-13-6-8)11(12)10-3-2-4-14-10/h5-7,10-11H,2-4,12H2,1H3. The van der Waals surface area contributed by atoms with Crippen LogP contribution in [-0.2, 0) is 0 Å². The molecular weight excluding hydrogens is 192 g/mol. The van der Waals surface area contributed by atoms with Gasteiger partial charge in [0.1, 0.15) is 0 Å². The first-order valence-corrected chi connectivity index (χ1v) is 6.11. The van der Waals surface area contributed by atoms with Crippen molar-refractivity contribution in [1.82, 2.24) is 4.98 Å². The van der Waals surface area contributed by atoms with E-state index in [2.05, 4.69) is 18.0 Å². The third kappa shape index (κ3) is 2.10. The second-order valence-electron chi connectivity index (χ2n) is 3.87. The number of hydrogen-bond acceptors (Lipinski definition) is 3. The number of thioether (sulfide) groups is 1. The normalized spacial score (nSPS) is 23.7. The smallest absolute Gasteiger partial charge is 0.0430 e. The second-order valence-corrected chi connectivity index (χ2v) is 5.22. The van der Waals surface area contributed by atoms with E-state index in [1.165, 1.54) is 29.7 Å². The summed E-state index contributed by atoms with van der Waals surface area (Å²) in [5, 5.41) is 0.596. The quantitative estimate of drug-likeness (QED) is 0.810. The molecule has 0 amide bonds. The van der Waals surface area contributed by atoms with E-state index in [1.54, 1.807) is 0 Å². The van der Waals surface area contributed by atoms with Crippen LogP contribution >= 0.6 is 11.8 Å². The van der Waals surface area contributed by atoms with E-state index in [-0.39, 0.29) is 6.04 Å². The van der Waals surface area contributed by atoms with Gasteiger partial charge in [-0.2, -0.15) is 11.8 Å². The van der Waals surface area contributed by atoms with Crippen molar-refractivity contribution in [3.05, 3.63) is 29.6 Å². The lowest BCUT2D eigenvalue weighted by Gasteiger charge is -2.18. The summed E-state index contributed by atoms with van der Waals surface area (Å²) in [5.74, 6) is 1.26.